The Morgan fingerprint density at radius 3 is 2.66 bits per heavy atom. The van der Waals surface area contributed by atoms with Gasteiger partial charge in [-0.25, -0.2) is 0 Å². The number of carbonyl (C=O) groups excluding carboxylic acids is 2. The number of aliphatic hydroxyl groups is 1. The lowest BCUT2D eigenvalue weighted by Crippen LogP contribution is -2.57. The van der Waals surface area contributed by atoms with Crippen LogP contribution in [-0.2, 0) is 0 Å². The van der Waals surface area contributed by atoms with Gasteiger partial charge in [0, 0.05) is 23.6 Å². The van der Waals surface area contributed by atoms with E-state index in [1.165, 1.54) is 0 Å². The molecule has 1 aromatic carbocycles. The van der Waals surface area contributed by atoms with E-state index in [1.807, 2.05) is 25.1 Å². The molecule has 2 fully saturated rings. The first-order valence-corrected chi connectivity index (χ1v) is 10.6. The Kier molecular flexibility index (Phi) is 5.25. The van der Waals surface area contributed by atoms with Crippen LogP contribution in [0.5, 0.6) is 0 Å². The minimum absolute atomic E-state index is 0.0952. The first-order valence-electron chi connectivity index (χ1n) is 10.2. The second-order valence-electron chi connectivity index (χ2n) is 8.51. The second-order valence-corrected chi connectivity index (χ2v) is 8.94. The summed E-state index contributed by atoms with van der Waals surface area (Å²) in [7, 11) is 0. The molecule has 7 heteroatoms. The molecule has 2 aromatic rings. The van der Waals surface area contributed by atoms with Crippen LogP contribution in [0, 0.1) is 5.41 Å². The lowest BCUT2D eigenvalue weighted by Gasteiger charge is -2.56. The Morgan fingerprint density at radius 1 is 1.31 bits per heavy atom. The summed E-state index contributed by atoms with van der Waals surface area (Å²) in [5.74, 6) is -0.316. The molecule has 0 unspecified atom stereocenters. The number of aromatic nitrogens is 2. The molecule has 2 aliphatic carbocycles. The highest BCUT2D eigenvalue weighted by Gasteiger charge is 2.52. The number of nitrogens with zero attached hydrogens (tertiary/aromatic N) is 2. The summed E-state index contributed by atoms with van der Waals surface area (Å²) in [6.45, 7) is 3.71. The van der Waals surface area contributed by atoms with Crippen molar-refractivity contribution in [1.29, 1.82) is 0 Å². The average Bonchev–Trinajstić information content (AvgIpc) is 3.09. The first-order chi connectivity index (χ1) is 13.8. The van der Waals surface area contributed by atoms with Crippen LogP contribution in [0.2, 0.25) is 5.02 Å². The molecule has 1 spiro atoms. The molecule has 0 radical (unpaired) electrons. The van der Waals surface area contributed by atoms with E-state index >= 15 is 0 Å². The Hall–Kier alpha value is -2.18. The zero-order chi connectivity index (χ0) is 20.8. The van der Waals surface area contributed by atoms with Crippen molar-refractivity contribution in [2.24, 2.45) is 5.41 Å². The molecule has 2 N–H and O–H groups in total. The number of benzene rings is 1. The zero-order valence-electron chi connectivity index (χ0n) is 16.7. The summed E-state index contributed by atoms with van der Waals surface area (Å²) in [5, 5.41) is 17.7. The van der Waals surface area contributed by atoms with Gasteiger partial charge in [-0.05, 0) is 55.7 Å². The fourth-order valence-corrected chi connectivity index (χ4v) is 4.90. The second kappa shape index (κ2) is 7.58. The van der Waals surface area contributed by atoms with Gasteiger partial charge in [0.15, 0.2) is 5.78 Å². The van der Waals surface area contributed by atoms with Crippen molar-refractivity contribution in [3.63, 3.8) is 0 Å². The molecule has 1 aromatic heterocycles. The summed E-state index contributed by atoms with van der Waals surface area (Å²) in [6.07, 6.45) is 3.60. The molecule has 4 rings (SSSR count). The molecular formula is C22H26ClN3O3. The number of halogens is 1. The molecule has 1 amide bonds. The zero-order valence-corrected chi connectivity index (χ0v) is 17.4. The van der Waals surface area contributed by atoms with E-state index in [1.54, 1.807) is 23.7 Å². The standard InChI is InChI=1S/C22H26ClN3O3/c1-3-20(28)18-8-19(21(29)24-16-9-22(10-16)11-17(27)12-22)26(25-18)13(2)14-5-4-6-15(23)7-14/h4-8,13,16-17,27H,3,9-12H2,1-2H3,(H,24,29)/t13-,16?,17?,22?/m0/s1. The number of amides is 1. The van der Waals surface area contributed by atoms with Crippen LogP contribution in [0.4, 0.5) is 0 Å². The molecule has 2 saturated carbocycles. The SMILES string of the molecule is CCC(=O)c1cc(C(=O)NC2CC3(CC(O)C3)C2)n([C@@H](C)c2cccc(Cl)c2)n1. The lowest BCUT2D eigenvalue weighted by atomic mass is 9.53. The maximum atomic E-state index is 13.0. The van der Waals surface area contributed by atoms with Gasteiger partial charge in [0.2, 0.25) is 0 Å². The van der Waals surface area contributed by atoms with Crippen LogP contribution in [0.25, 0.3) is 0 Å². The maximum Gasteiger partial charge on any atom is 0.269 e. The molecule has 0 aliphatic heterocycles. The number of ketones is 1. The molecule has 0 saturated heterocycles. The number of Topliss-reactive ketones (excluding diaryl/α,β-unsaturated/α-hetero) is 1. The van der Waals surface area contributed by atoms with E-state index < -0.39 is 0 Å². The highest BCUT2D eigenvalue weighted by molar-refractivity contribution is 6.30. The molecular weight excluding hydrogens is 390 g/mol. The fourth-order valence-electron chi connectivity index (χ4n) is 4.70. The third-order valence-electron chi connectivity index (χ3n) is 6.30. The van der Waals surface area contributed by atoms with Crippen molar-refractivity contribution in [1.82, 2.24) is 15.1 Å². The lowest BCUT2D eigenvalue weighted by molar-refractivity contribution is -0.0950. The minimum Gasteiger partial charge on any atom is -0.393 e. The van der Waals surface area contributed by atoms with E-state index in [4.69, 9.17) is 11.6 Å². The number of nitrogens with one attached hydrogen (secondary N) is 1. The molecule has 1 atom stereocenters. The Labute approximate surface area is 175 Å². The van der Waals surface area contributed by atoms with Crippen LogP contribution in [0.15, 0.2) is 30.3 Å². The van der Waals surface area contributed by atoms with Crippen LogP contribution in [0.1, 0.15) is 78.5 Å². The topological polar surface area (TPSA) is 84.2 Å². The van der Waals surface area contributed by atoms with Crippen molar-refractivity contribution in [3.8, 4) is 0 Å². The summed E-state index contributed by atoms with van der Waals surface area (Å²) in [4.78, 5) is 25.2. The van der Waals surface area contributed by atoms with E-state index in [0.29, 0.717) is 22.8 Å². The molecule has 1 heterocycles. The fraction of sp³-hybridized carbons (Fsp3) is 0.500. The van der Waals surface area contributed by atoms with Crippen LogP contribution >= 0.6 is 11.6 Å². The normalized spacial score (nSPS) is 26.5. The van der Waals surface area contributed by atoms with Gasteiger partial charge in [0.05, 0.1) is 12.1 Å². The van der Waals surface area contributed by atoms with Gasteiger partial charge in [-0.3, -0.25) is 14.3 Å². The Balaban J connectivity index is 1.55. The minimum atomic E-state index is -0.248. The maximum absolute atomic E-state index is 13.0. The van der Waals surface area contributed by atoms with Crippen molar-refractivity contribution < 1.29 is 14.7 Å². The van der Waals surface area contributed by atoms with Crippen LogP contribution < -0.4 is 5.32 Å². The molecule has 29 heavy (non-hydrogen) atoms. The van der Waals surface area contributed by atoms with E-state index in [9.17, 15) is 14.7 Å². The first kappa shape index (κ1) is 20.1. The van der Waals surface area contributed by atoms with Crippen molar-refractivity contribution >= 4 is 23.3 Å². The quantitative estimate of drug-likeness (QED) is 0.703. The van der Waals surface area contributed by atoms with Gasteiger partial charge >= 0.3 is 0 Å². The highest BCUT2D eigenvalue weighted by atomic mass is 35.5. The van der Waals surface area contributed by atoms with Gasteiger partial charge < -0.3 is 10.4 Å². The number of rotatable bonds is 6. The highest BCUT2D eigenvalue weighted by Crippen LogP contribution is 2.55. The Morgan fingerprint density at radius 2 is 2.03 bits per heavy atom. The third kappa shape index (κ3) is 3.83. The number of carbonyl (C=O) groups is 2. The van der Waals surface area contributed by atoms with Gasteiger partial charge in [-0.2, -0.15) is 5.10 Å². The predicted octanol–water partition coefficient (Wildman–Crippen LogP) is 3.77. The summed E-state index contributed by atoms with van der Waals surface area (Å²) in [6, 6.07) is 8.87. The van der Waals surface area contributed by atoms with Gasteiger partial charge in [0.1, 0.15) is 11.4 Å². The van der Waals surface area contributed by atoms with Crippen molar-refractivity contribution in [3.05, 3.63) is 52.3 Å². The number of hydrogen-bond donors (Lipinski definition) is 2. The van der Waals surface area contributed by atoms with Gasteiger partial charge in [0.25, 0.3) is 5.91 Å². The summed E-state index contributed by atoms with van der Waals surface area (Å²) < 4.78 is 1.62. The predicted molar refractivity (Wildman–Crippen MR) is 110 cm³/mol. The Bertz CT molecular complexity index is 941. The van der Waals surface area contributed by atoms with E-state index in [0.717, 1.165) is 31.2 Å². The van der Waals surface area contributed by atoms with Gasteiger partial charge in [-0.1, -0.05) is 30.7 Å². The number of hydrogen-bond acceptors (Lipinski definition) is 4. The smallest absolute Gasteiger partial charge is 0.269 e. The number of aliphatic hydroxyl groups excluding tert-OH is 1. The van der Waals surface area contributed by atoms with E-state index in [-0.39, 0.29) is 35.3 Å². The average molecular weight is 416 g/mol. The van der Waals surface area contributed by atoms with Crippen molar-refractivity contribution in [2.45, 2.75) is 64.1 Å². The van der Waals surface area contributed by atoms with Gasteiger partial charge in [-0.15, -0.1) is 0 Å². The third-order valence-corrected chi connectivity index (χ3v) is 6.54. The van der Waals surface area contributed by atoms with Crippen LogP contribution in [0.3, 0.4) is 0 Å². The molecule has 0 bridgehead atoms. The largest absolute Gasteiger partial charge is 0.393 e. The van der Waals surface area contributed by atoms with Crippen LogP contribution in [-0.4, -0.2) is 38.7 Å². The molecule has 6 nitrogen and oxygen atoms in total. The van der Waals surface area contributed by atoms with E-state index in [2.05, 4.69) is 10.4 Å². The monoisotopic (exact) mass is 415 g/mol. The van der Waals surface area contributed by atoms with Crippen molar-refractivity contribution in [2.75, 3.05) is 0 Å². The molecule has 154 valence electrons. The summed E-state index contributed by atoms with van der Waals surface area (Å²) >= 11 is 6.13. The molecule has 2 aliphatic rings. The summed E-state index contributed by atoms with van der Waals surface area (Å²) in [5.41, 5.74) is 1.81.